The molecule has 1 heterocycles. The van der Waals surface area contributed by atoms with Crippen LogP contribution in [0, 0.1) is 6.92 Å². The van der Waals surface area contributed by atoms with Crippen molar-refractivity contribution in [2.45, 2.75) is 129 Å². The minimum Gasteiger partial charge on any atom is -0.355 e. The number of hydrogen-bond donors (Lipinski definition) is 0. The molecule has 0 saturated heterocycles. The van der Waals surface area contributed by atoms with E-state index in [4.69, 9.17) is 9.97 Å². The van der Waals surface area contributed by atoms with Gasteiger partial charge in [-0.15, -0.1) is 11.8 Å². The first-order valence-corrected chi connectivity index (χ1v) is 15.5. The molecule has 1 fully saturated rings. The van der Waals surface area contributed by atoms with Crippen LogP contribution in [-0.4, -0.2) is 52.8 Å². The van der Waals surface area contributed by atoms with E-state index in [0.29, 0.717) is 12.5 Å². The zero-order valence-electron chi connectivity index (χ0n) is 23.4. The summed E-state index contributed by atoms with van der Waals surface area (Å²) in [7, 11) is 0. The summed E-state index contributed by atoms with van der Waals surface area (Å²) >= 11 is 1.64. The molecule has 6 nitrogen and oxygen atoms in total. The number of rotatable bonds is 16. The van der Waals surface area contributed by atoms with Crippen molar-refractivity contribution < 1.29 is 4.79 Å². The van der Waals surface area contributed by atoms with E-state index in [9.17, 15) is 4.79 Å². The van der Waals surface area contributed by atoms with Gasteiger partial charge in [0.1, 0.15) is 16.5 Å². The highest BCUT2D eigenvalue weighted by Crippen LogP contribution is 2.39. The Morgan fingerprint density at radius 1 is 0.886 bits per heavy atom. The first kappa shape index (κ1) is 29.9. The first-order valence-electron chi connectivity index (χ1n) is 14.3. The molecule has 2 rings (SSSR count). The molecule has 35 heavy (non-hydrogen) atoms. The normalized spacial score (nSPS) is 14.5. The van der Waals surface area contributed by atoms with Gasteiger partial charge in [-0.25, -0.2) is 20.0 Å². The number of nitrogens with zero attached hydrogens (tertiary/aromatic N) is 5. The van der Waals surface area contributed by atoms with Gasteiger partial charge in [0, 0.05) is 32.1 Å². The van der Waals surface area contributed by atoms with Crippen LogP contribution in [0.4, 0.5) is 11.5 Å². The SMILES string of the molecule is CCCCC(=O)N(c1c(SC)nc(C)nc1N(CCCC)CCCC)N(CCC)C1CCCCC1. The quantitative estimate of drug-likeness (QED) is 0.133. The lowest BCUT2D eigenvalue weighted by molar-refractivity contribution is -0.122. The Balaban J connectivity index is 2.69. The van der Waals surface area contributed by atoms with Crippen molar-refractivity contribution >= 4 is 29.2 Å². The maximum absolute atomic E-state index is 14.0. The molecule has 0 unspecified atom stereocenters. The molecular weight excluding hydrogens is 454 g/mol. The van der Waals surface area contributed by atoms with Gasteiger partial charge in [0.05, 0.1) is 0 Å². The van der Waals surface area contributed by atoms with E-state index in [-0.39, 0.29) is 5.91 Å². The molecule has 0 N–H and O–H groups in total. The van der Waals surface area contributed by atoms with Crippen LogP contribution in [-0.2, 0) is 4.79 Å². The summed E-state index contributed by atoms with van der Waals surface area (Å²) in [5.74, 6) is 1.93. The van der Waals surface area contributed by atoms with Gasteiger partial charge >= 0.3 is 0 Å². The molecule has 1 aliphatic carbocycles. The van der Waals surface area contributed by atoms with Crippen LogP contribution in [0.15, 0.2) is 5.03 Å². The van der Waals surface area contributed by atoms with Crippen molar-refractivity contribution in [1.29, 1.82) is 0 Å². The van der Waals surface area contributed by atoms with Crippen LogP contribution < -0.4 is 9.91 Å². The van der Waals surface area contributed by atoms with E-state index in [2.05, 4.69) is 48.9 Å². The van der Waals surface area contributed by atoms with Crippen molar-refractivity contribution in [1.82, 2.24) is 15.0 Å². The Morgan fingerprint density at radius 2 is 1.51 bits per heavy atom. The Bertz CT molecular complexity index is 745. The van der Waals surface area contributed by atoms with Crippen molar-refractivity contribution in [2.75, 3.05) is 35.8 Å². The van der Waals surface area contributed by atoms with Gasteiger partial charge in [0.15, 0.2) is 5.82 Å². The number of hydrazine groups is 1. The summed E-state index contributed by atoms with van der Waals surface area (Å²) in [4.78, 5) is 26.4. The summed E-state index contributed by atoms with van der Waals surface area (Å²) < 4.78 is 0. The van der Waals surface area contributed by atoms with Gasteiger partial charge in [0.2, 0.25) is 5.91 Å². The smallest absolute Gasteiger partial charge is 0.241 e. The standard InChI is InChI=1S/C28H51N5OS/c1-7-11-19-25(34)33(32(20-10-4)24-17-15-14-16-18-24)26-27(29-23(5)30-28(26)35-6)31(21-12-8-2)22-13-9-3/h24H,7-22H2,1-6H3. The minimum atomic E-state index is 0.195. The molecule has 1 aromatic rings. The number of carbonyl (C=O) groups is 1. The fourth-order valence-electron chi connectivity index (χ4n) is 4.98. The van der Waals surface area contributed by atoms with Crippen molar-refractivity contribution in [3.63, 3.8) is 0 Å². The van der Waals surface area contributed by atoms with Gasteiger partial charge < -0.3 is 4.90 Å². The van der Waals surface area contributed by atoms with Gasteiger partial charge in [-0.1, -0.05) is 66.2 Å². The zero-order valence-corrected chi connectivity index (χ0v) is 24.3. The summed E-state index contributed by atoms with van der Waals surface area (Å²) in [6.45, 7) is 13.7. The Labute approximate surface area is 219 Å². The van der Waals surface area contributed by atoms with Crippen molar-refractivity contribution in [3.05, 3.63) is 5.82 Å². The number of anilines is 2. The van der Waals surface area contributed by atoms with Gasteiger partial charge in [-0.05, 0) is 51.7 Å². The summed E-state index contributed by atoms with van der Waals surface area (Å²) in [6, 6.07) is 0.401. The third-order valence-electron chi connectivity index (χ3n) is 6.90. The highest BCUT2D eigenvalue weighted by atomic mass is 32.2. The van der Waals surface area contributed by atoms with Crippen LogP contribution in [0.25, 0.3) is 0 Å². The average molecular weight is 506 g/mol. The Hall–Kier alpha value is -1.34. The largest absolute Gasteiger partial charge is 0.355 e. The first-order chi connectivity index (χ1) is 17.0. The van der Waals surface area contributed by atoms with E-state index < -0.39 is 0 Å². The van der Waals surface area contributed by atoms with Gasteiger partial charge in [0.25, 0.3) is 0 Å². The van der Waals surface area contributed by atoms with E-state index in [1.54, 1.807) is 11.8 Å². The number of aromatic nitrogens is 2. The minimum absolute atomic E-state index is 0.195. The maximum Gasteiger partial charge on any atom is 0.241 e. The van der Waals surface area contributed by atoms with E-state index in [1.165, 1.54) is 19.3 Å². The molecule has 0 spiro atoms. The van der Waals surface area contributed by atoms with Crippen LogP contribution in [0.2, 0.25) is 0 Å². The van der Waals surface area contributed by atoms with E-state index in [0.717, 1.165) is 99.8 Å². The Kier molecular flexibility index (Phi) is 14.0. The highest BCUT2D eigenvalue weighted by Gasteiger charge is 2.35. The molecule has 200 valence electrons. The number of thioether (sulfide) groups is 1. The number of carbonyl (C=O) groups excluding carboxylic acids is 1. The molecular formula is C28H51N5OS. The van der Waals surface area contributed by atoms with Crippen LogP contribution in [0.3, 0.4) is 0 Å². The predicted molar refractivity (Wildman–Crippen MR) is 151 cm³/mol. The molecule has 0 bridgehead atoms. The van der Waals surface area contributed by atoms with Crippen LogP contribution >= 0.6 is 11.8 Å². The topological polar surface area (TPSA) is 52.6 Å². The second kappa shape index (κ2) is 16.4. The lowest BCUT2D eigenvalue weighted by Crippen LogP contribution is -2.53. The average Bonchev–Trinajstić information content (AvgIpc) is 2.88. The molecule has 0 atom stereocenters. The molecule has 1 aliphatic rings. The molecule has 7 heteroatoms. The van der Waals surface area contributed by atoms with Crippen molar-refractivity contribution in [2.24, 2.45) is 0 Å². The summed E-state index contributed by atoms with van der Waals surface area (Å²) in [6.07, 6.45) is 16.2. The number of aryl methyl sites for hydroxylation is 1. The third-order valence-corrected chi connectivity index (χ3v) is 7.57. The predicted octanol–water partition coefficient (Wildman–Crippen LogP) is 7.40. The maximum atomic E-state index is 14.0. The fraction of sp³-hybridized carbons (Fsp3) is 0.821. The number of amides is 1. The molecule has 1 saturated carbocycles. The Morgan fingerprint density at radius 3 is 2.06 bits per heavy atom. The van der Waals surface area contributed by atoms with Crippen molar-refractivity contribution in [3.8, 4) is 0 Å². The molecule has 1 aromatic heterocycles. The van der Waals surface area contributed by atoms with Crippen LogP contribution in [0.5, 0.6) is 0 Å². The number of unbranched alkanes of at least 4 members (excludes halogenated alkanes) is 3. The fourth-order valence-corrected chi connectivity index (χ4v) is 5.58. The number of hydrogen-bond acceptors (Lipinski definition) is 6. The molecule has 0 aromatic carbocycles. The molecule has 0 radical (unpaired) electrons. The van der Waals surface area contributed by atoms with Gasteiger partial charge in [-0.3, -0.25) is 4.79 Å². The van der Waals surface area contributed by atoms with E-state index in [1.807, 2.05) is 6.92 Å². The second-order valence-electron chi connectivity index (χ2n) is 9.91. The van der Waals surface area contributed by atoms with Crippen LogP contribution in [0.1, 0.15) is 117 Å². The third kappa shape index (κ3) is 8.63. The zero-order chi connectivity index (χ0) is 25.6. The lowest BCUT2D eigenvalue weighted by Gasteiger charge is -2.43. The highest BCUT2D eigenvalue weighted by molar-refractivity contribution is 7.98. The molecule has 0 aliphatic heterocycles. The second-order valence-corrected chi connectivity index (χ2v) is 10.7. The molecule has 1 amide bonds. The van der Waals surface area contributed by atoms with E-state index >= 15 is 0 Å². The summed E-state index contributed by atoms with van der Waals surface area (Å²) in [5, 5.41) is 5.39. The van der Waals surface area contributed by atoms with Gasteiger partial charge in [-0.2, -0.15) is 0 Å². The lowest BCUT2D eigenvalue weighted by atomic mass is 9.95. The monoisotopic (exact) mass is 505 g/mol. The summed E-state index contributed by atoms with van der Waals surface area (Å²) in [5.41, 5.74) is 0.926.